The Balaban J connectivity index is 2.27. The summed E-state index contributed by atoms with van der Waals surface area (Å²) in [6.07, 6.45) is 1.97. The lowest BCUT2D eigenvalue weighted by Gasteiger charge is -2.14. The highest BCUT2D eigenvalue weighted by Crippen LogP contribution is 2.23. The van der Waals surface area contributed by atoms with Crippen molar-refractivity contribution >= 4 is 27.5 Å². The molecular weight excluding hydrogens is 316 g/mol. The molecule has 1 aromatic rings. The third kappa shape index (κ3) is 6.19. The fourth-order valence-corrected chi connectivity index (χ4v) is 2.52. The number of benzene rings is 1. The third-order valence-electron chi connectivity index (χ3n) is 2.78. The summed E-state index contributed by atoms with van der Waals surface area (Å²) in [6.45, 7) is 2.31. The van der Waals surface area contributed by atoms with Crippen LogP contribution in [0.2, 0.25) is 5.02 Å². The van der Waals surface area contributed by atoms with Crippen molar-refractivity contribution in [2.75, 3.05) is 32.3 Å². The Morgan fingerprint density at radius 3 is 2.50 bits per heavy atom. The number of ether oxygens (including phenoxy) is 2. The first-order valence-corrected chi connectivity index (χ1v) is 7.66. The van der Waals surface area contributed by atoms with Crippen molar-refractivity contribution in [2.45, 2.75) is 18.8 Å². The Kier molecular flexibility index (Phi) is 8.68. The van der Waals surface area contributed by atoms with Crippen LogP contribution in [0.1, 0.15) is 24.3 Å². The molecule has 0 spiro atoms. The first-order valence-electron chi connectivity index (χ1n) is 6.16. The average Bonchev–Trinajstić information content (AvgIpc) is 2.39. The van der Waals surface area contributed by atoms with E-state index in [1.54, 1.807) is 7.11 Å². The number of alkyl halides is 1. The van der Waals surface area contributed by atoms with Crippen LogP contribution >= 0.6 is 27.5 Å². The standard InChI is InChI=1S/C14H20BrClO2/c1-17-8-2-9-18-10-7-13(11-15)12-3-5-14(16)6-4-12/h3-6,13H,2,7-11H2,1H3. The van der Waals surface area contributed by atoms with Crippen LogP contribution in [0.25, 0.3) is 0 Å². The molecule has 0 aliphatic carbocycles. The van der Waals surface area contributed by atoms with Crippen LogP contribution in [0.3, 0.4) is 0 Å². The summed E-state index contributed by atoms with van der Waals surface area (Å²) in [7, 11) is 1.71. The Bertz CT molecular complexity index is 316. The molecule has 0 saturated heterocycles. The second-order valence-electron chi connectivity index (χ2n) is 4.15. The van der Waals surface area contributed by atoms with Crippen LogP contribution in [0.4, 0.5) is 0 Å². The highest BCUT2D eigenvalue weighted by Gasteiger charge is 2.09. The van der Waals surface area contributed by atoms with Gasteiger partial charge in [-0.25, -0.2) is 0 Å². The second kappa shape index (κ2) is 9.79. The summed E-state index contributed by atoms with van der Waals surface area (Å²) in [5, 5.41) is 1.72. The van der Waals surface area contributed by atoms with Gasteiger partial charge in [0.2, 0.25) is 0 Å². The Morgan fingerprint density at radius 1 is 1.17 bits per heavy atom. The Morgan fingerprint density at radius 2 is 1.89 bits per heavy atom. The van der Waals surface area contributed by atoms with Gasteiger partial charge in [0.05, 0.1) is 0 Å². The number of methoxy groups -OCH3 is 1. The van der Waals surface area contributed by atoms with Crippen LogP contribution < -0.4 is 0 Å². The molecule has 1 unspecified atom stereocenters. The van der Waals surface area contributed by atoms with Crippen molar-refractivity contribution in [1.29, 1.82) is 0 Å². The van der Waals surface area contributed by atoms with Gasteiger partial charge in [-0.1, -0.05) is 39.7 Å². The lowest BCUT2D eigenvalue weighted by atomic mass is 9.98. The van der Waals surface area contributed by atoms with Gasteiger partial charge < -0.3 is 9.47 Å². The molecule has 0 saturated carbocycles. The van der Waals surface area contributed by atoms with Gasteiger partial charge in [-0.2, -0.15) is 0 Å². The minimum atomic E-state index is 0.477. The van der Waals surface area contributed by atoms with Crippen LogP contribution in [-0.2, 0) is 9.47 Å². The summed E-state index contributed by atoms with van der Waals surface area (Å²) in [5.41, 5.74) is 1.30. The number of hydrogen-bond acceptors (Lipinski definition) is 2. The first kappa shape index (κ1) is 16.0. The Hall–Kier alpha value is -0.0900. The average molecular weight is 336 g/mol. The third-order valence-corrected chi connectivity index (χ3v) is 3.81. The summed E-state index contributed by atoms with van der Waals surface area (Å²) >= 11 is 9.44. The molecule has 18 heavy (non-hydrogen) atoms. The molecule has 0 aliphatic heterocycles. The van der Waals surface area contributed by atoms with Crippen molar-refractivity contribution in [3.8, 4) is 0 Å². The molecule has 0 fully saturated rings. The Labute approximate surface area is 123 Å². The maximum atomic E-state index is 5.89. The highest BCUT2D eigenvalue weighted by molar-refractivity contribution is 9.09. The minimum absolute atomic E-state index is 0.477. The molecule has 0 heterocycles. The SMILES string of the molecule is COCCCOCCC(CBr)c1ccc(Cl)cc1. The quantitative estimate of drug-likeness (QED) is 0.496. The zero-order valence-corrected chi connectivity index (χ0v) is 13.0. The van der Waals surface area contributed by atoms with Crippen LogP contribution in [0.15, 0.2) is 24.3 Å². The van der Waals surface area contributed by atoms with E-state index >= 15 is 0 Å². The number of hydrogen-bond donors (Lipinski definition) is 0. The smallest absolute Gasteiger partial charge is 0.0487 e. The van der Waals surface area contributed by atoms with Gasteiger partial charge in [0.15, 0.2) is 0 Å². The van der Waals surface area contributed by atoms with Crippen LogP contribution in [0, 0.1) is 0 Å². The van der Waals surface area contributed by atoms with E-state index in [-0.39, 0.29) is 0 Å². The van der Waals surface area contributed by atoms with E-state index in [4.69, 9.17) is 21.1 Å². The van der Waals surface area contributed by atoms with Gasteiger partial charge in [0.25, 0.3) is 0 Å². The molecule has 0 aliphatic rings. The molecule has 2 nitrogen and oxygen atoms in total. The molecule has 0 amide bonds. The van der Waals surface area contributed by atoms with E-state index in [9.17, 15) is 0 Å². The van der Waals surface area contributed by atoms with Gasteiger partial charge in [-0.05, 0) is 36.5 Å². The normalized spacial score (nSPS) is 12.6. The molecule has 0 radical (unpaired) electrons. The van der Waals surface area contributed by atoms with E-state index in [0.29, 0.717) is 5.92 Å². The maximum absolute atomic E-state index is 5.89. The number of rotatable bonds is 9. The van der Waals surface area contributed by atoms with Crippen molar-refractivity contribution in [3.63, 3.8) is 0 Å². The van der Waals surface area contributed by atoms with Gasteiger partial charge >= 0.3 is 0 Å². The molecule has 1 atom stereocenters. The summed E-state index contributed by atoms with van der Waals surface area (Å²) in [5.74, 6) is 0.477. The molecule has 1 aromatic carbocycles. The second-order valence-corrected chi connectivity index (χ2v) is 5.23. The molecule has 0 aromatic heterocycles. The lowest BCUT2D eigenvalue weighted by molar-refractivity contribution is 0.0991. The van der Waals surface area contributed by atoms with Gasteiger partial charge in [-0.15, -0.1) is 0 Å². The maximum Gasteiger partial charge on any atom is 0.0487 e. The zero-order valence-electron chi connectivity index (χ0n) is 10.7. The van der Waals surface area contributed by atoms with Crippen molar-refractivity contribution < 1.29 is 9.47 Å². The minimum Gasteiger partial charge on any atom is -0.385 e. The summed E-state index contributed by atoms with van der Waals surface area (Å²) in [6, 6.07) is 8.04. The first-order chi connectivity index (χ1) is 8.77. The van der Waals surface area contributed by atoms with Gasteiger partial charge in [0, 0.05) is 37.3 Å². The van der Waals surface area contributed by atoms with E-state index in [1.165, 1.54) is 5.56 Å². The van der Waals surface area contributed by atoms with Crippen LogP contribution in [-0.4, -0.2) is 32.3 Å². The van der Waals surface area contributed by atoms with E-state index in [2.05, 4.69) is 28.1 Å². The predicted octanol–water partition coefficient (Wildman–Crippen LogP) is 4.26. The monoisotopic (exact) mass is 334 g/mol. The molecule has 102 valence electrons. The van der Waals surface area contributed by atoms with E-state index in [0.717, 1.165) is 43.0 Å². The van der Waals surface area contributed by atoms with E-state index in [1.807, 2.05) is 12.1 Å². The van der Waals surface area contributed by atoms with Crippen molar-refractivity contribution in [3.05, 3.63) is 34.9 Å². The van der Waals surface area contributed by atoms with Crippen LogP contribution in [0.5, 0.6) is 0 Å². The lowest BCUT2D eigenvalue weighted by Crippen LogP contribution is -2.07. The van der Waals surface area contributed by atoms with Crippen molar-refractivity contribution in [1.82, 2.24) is 0 Å². The largest absolute Gasteiger partial charge is 0.385 e. The van der Waals surface area contributed by atoms with Gasteiger partial charge in [0.1, 0.15) is 0 Å². The summed E-state index contributed by atoms with van der Waals surface area (Å²) < 4.78 is 10.6. The fourth-order valence-electron chi connectivity index (χ4n) is 1.70. The molecule has 0 bridgehead atoms. The molecule has 0 N–H and O–H groups in total. The topological polar surface area (TPSA) is 18.5 Å². The molecule has 1 rings (SSSR count). The molecular formula is C14H20BrClO2. The fraction of sp³-hybridized carbons (Fsp3) is 0.571. The highest BCUT2D eigenvalue weighted by atomic mass is 79.9. The van der Waals surface area contributed by atoms with Gasteiger partial charge in [-0.3, -0.25) is 0 Å². The predicted molar refractivity (Wildman–Crippen MR) is 79.9 cm³/mol. The summed E-state index contributed by atoms with van der Waals surface area (Å²) in [4.78, 5) is 0. The molecule has 4 heteroatoms. The number of halogens is 2. The zero-order chi connectivity index (χ0) is 13.2. The van der Waals surface area contributed by atoms with Crippen molar-refractivity contribution in [2.24, 2.45) is 0 Å². The van der Waals surface area contributed by atoms with E-state index < -0.39 is 0 Å².